The molecule has 0 saturated carbocycles. The smallest absolute Gasteiger partial charge is 0.285 e. The molecule has 0 aliphatic carbocycles. The van der Waals surface area contributed by atoms with Crippen molar-refractivity contribution in [3.8, 4) is 0 Å². The Labute approximate surface area is 92.4 Å². The number of ether oxygens (including phenoxy) is 1. The van der Waals surface area contributed by atoms with Gasteiger partial charge in [-0.15, -0.1) is 0 Å². The van der Waals surface area contributed by atoms with Crippen molar-refractivity contribution in [2.75, 3.05) is 26.8 Å². The van der Waals surface area contributed by atoms with Gasteiger partial charge in [0.2, 0.25) is 0 Å². The summed E-state index contributed by atoms with van der Waals surface area (Å²) in [6.07, 6.45) is 0. The largest absolute Gasteiger partial charge is 0.383 e. The molecule has 0 amide bonds. The zero-order chi connectivity index (χ0) is 12.0. The standard InChI is InChI=1S/C11H14F3NO/c1-16-6-5-15-8-11(13,14)9-3-2-4-10(12)7-9/h2-4,7,15H,5-6,8H2,1H3. The average Bonchev–Trinajstić information content (AvgIpc) is 2.24. The van der Waals surface area contributed by atoms with E-state index in [0.29, 0.717) is 13.2 Å². The Hall–Kier alpha value is -1.07. The average molecular weight is 233 g/mol. The van der Waals surface area contributed by atoms with E-state index in [9.17, 15) is 13.2 Å². The lowest BCUT2D eigenvalue weighted by Gasteiger charge is -2.17. The molecule has 0 spiro atoms. The quantitative estimate of drug-likeness (QED) is 0.760. The highest BCUT2D eigenvalue weighted by Gasteiger charge is 2.31. The van der Waals surface area contributed by atoms with Crippen molar-refractivity contribution < 1.29 is 17.9 Å². The number of nitrogens with one attached hydrogen (secondary N) is 1. The van der Waals surface area contributed by atoms with Gasteiger partial charge < -0.3 is 10.1 Å². The molecular weight excluding hydrogens is 219 g/mol. The Morgan fingerprint density at radius 3 is 2.75 bits per heavy atom. The van der Waals surface area contributed by atoms with Crippen LogP contribution in [-0.4, -0.2) is 26.8 Å². The Morgan fingerprint density at radius 2 is 2.12 bits per heavy atom. The molecule has 0 aliphatic rings. The van der Waals surface area contributed by atoms with Crippen LogP contribution in [0.2, 0.25) is 0 Å². The number of benzene rings is 1. The molecule has 0 unspecified atom stereocenters. The van der Waals surface area contributed by atoms with Gasteiger partial charge in [0, 0.05) is 19.2 Å². The SMILES string of the molecule is COCCNCC(F)(F)c1cccc(F)c1. The van der Waals surface area contributed by atoms with E-state index < -0.39 is 18.3 Å². The topological polar surface area (TPSA) is 21.3 Å². The molecule has 0 bridgehead atoms. The van der Waals surface area contributed by atoms with Gasteiger partial charge in [0.1, 0.15) is 5.82 Å². The third-order valence-electron chi connectivity index (χ3n) is 2.08. The summed E-state index contributed by atoms with van der Waals surface area (Å²) in [4.78, 5) is 0. The fourth-order valence-corrected chi connectivity index (χ4v) is 1.24. The zero-order valence-corrected chi connectivity index (χ0v) is 8.97. The Balaban J connectivity index is 2.55. The minimum Gasteiger partial charge on any atom is -0.383 e. The maximum atomic E-state index is 13.5. The van der Waals surface area contributed by atoms with Crippen LogP contribution in [0.25, 0.3) is 0 Å². The number of halogens is 3. The number of methoxy groups -OCH3 is 1. The van der Waals surface area contributed by atoms with Crippen LogP contribution in [-0.2, 0) is 10.7 Å². The molecule has 1 rings (SSSR count). The first kappa shape index (κ1) is 13.0. The van der Waals surface area contributed by atoms with Crippen molar-refractivity contribution in [1.29, 1.82) is 0 Å². The Morgan fingerprint density at radius 1 is 1.38 bits per heavy atom. The molecule has 0 aromatic heterocycles. The third-order valence-corrected chi connectivity index (χ3v) is 2.08. The van der Waals surface area contributed by atoms with Crippen molar-refractivity contribution in [1.82, 2.24) is 5.32 Å². The first-order valence-corrected chi connectivity index (χ1v) is 4.90. The van der Waals surface area contributed by atoms with Gasteiger partial charge in [-0.2, -0.15) is 8.78 Å². The van der Waals surface area contributed by atoms with Crippen LogP contribution < -0.4 is 5.32 Å². The summed E-state index contributed by atoms with van der Waals surface area (Å²) in [6, 6.07) is 4.46. The molecule has 0 aliphatic heterocycles. The summed E-state index contributed by atoms with van der Waals surface area (Å²) in [5.74, 6) is -3.73. The number of rotatable bonds is 6. The van der Waals surface area contributed by atoms with E-state index in [-0.39, 0.29) is 5.56 Å². The molecule has 90 valence electrons. The van der Waals surface area contributed by atoms with Crippen LogP contribution in [0.4, 0.5) is 13.2 Å². The van der Waals surface area contributed by atoms with Gasteiger partial charge in [-0.25, -0.2) is 4.39 Å². The van der Waals surface area contributed by atoms with Gasteiger partial charge in [0.15, 0.2) is 0 Å². The van der Waals surface area contributed by atoms with Gasteiger partial charge in [-0.05, 0) is 12.1 Å². The third kappa shape index (κ3) is 3.83. The molecule has 1 aromatic carbocycles. The van der Waals surface area contributed by atoms with E-state index in [1.54, 1.807) is 0 Å². The van der Waals surface area contributed by atoms with Crippen molar-refractivity contribution in [3.05, 3.63) is 35.6 Å². The number of alkyl halides is 2. The molecule has 16 heavy (non-hydrogen) atoms. The van der Waals surface area contributed by atoms with E-state index in [2.05, 4.69) is 5.32 Å². The summed E-state index contributed by atoms with van der Waals surface area (Å²) in [5.41, 5.74) is -0.322. The van der Waals surface area contributed by atoms with Gasteiger partial charge in [0.25, 0.3) is 5.92 Å². The van der Waals surface area contributed by atoms with Crippen LogP contribution in [0, 0.1) is 5.82 Å². The van der Waals surface area contributed by atoms with Crippen molar-refractivity contribution in [2.24, 2.45) is 0 Å². The highest BCUT2D eigenvalue weighted by Crippen LogP contribution is 2.27. The van der Waals surface area contributed by atoms with Crippen molar-refractivity contribution >= 4 is 0 Å². The summed E-state index contributed by atoms with van der Waals surface area (Å²) < 4.78 is 44.5. The van der Waals surface area contributed by atoms with Crippen LogP contribution >= 0.6 is 0 Å². The van der Waals surface area contributed by atoms with Crippen LogP contribution in [0.5, 0.6) is 0 Å². The molecule has 1 N–H and O–H groups in total. The van der Waals surface area contributed by atoms with Gasteiger partial charge in [-0.3, -0.25) is 0 Å². The predicted molar refractivity (Wildman–Crippen MR) is 55.0 cm³/mol. The Bertz CT molecular complexity index is 331. The molecule has 0 radical (unpaired) electrons. The maximum absolute atomic E-state index is 13.5. The van der Waals surface area contributed by atoms with E-state index in [0.717, 1.165) is 12.1 Å². The lowest BCUT2D eigenvalue weighted by atomic mass is 10.1. The maximum Gasteiger partial charge on any atom is 0.285 e. The van der Waals surface area contributed by atoms with Crippen molar-refractivity contribution in [2.45, 2.75) is 5.92 Å². The van der Waals surface area contributed by atoms with Gasteiger partial charge in [0.05, 0.1) is 13.2 Å². The zero-order valence-electron chi connectivity index (χ0n) is 8.97. The second kappa shape index (κ2) is 5.86. The molecule has 0 saturated heterocycles. The first-order chi connectivity index (χ1) is 7.56. The summed E-state index contributed by atoms with van der Waals surface area (Å²) >= 11 is 0. The van der Waals surface area contributed by atoms with Crippen LogP contribution in [0.3, 0.4) is 0 Å². The molecule has 1 aromatic rings. The fraction of sp³-hybridized carbons (Fsp3) is 0.455. The minimum absolute atomic E-state index is 0.322. The monoisotopic (exact) mass is 233 g/mol. The lowest BCUT2D eigenvalue weighted by Crippen LogP contribution is -2.32. The minimum atomic E-state index is -3.07. The lowest BCUT2D eigenvalue weighted by molar-refractivity contribution is -0.00443. The summed E-state index contributed by atoms with van der Waals surface area (Å²) in [6.45, 7) is 0.167. The van der Waals surface area contributed by atoms with E-state index in [4.69, 9.17) is 4.74 Å². The Kier molecular flexibility index (Phi) is 4.76. The first-order valence-electron chi connectivity index (χ1n) is 4.90. The fourth-order valence-electron chi connectivity index (χ4n) is 1.24. The van der Waals surface area contributed by atoms with Crippen molar-refractivity contribution in [3.63, 3.8) is 0 Å². The summed E-state index contributed by atoms with van der Waals surface area (Å²) in [7, 11) is 1.49. The second-order valence-electron chi connectivity index (χ2n) is 3.38. The molecular formula is C11H14F3NO. The highest BCUT2D eigenvalue weighted by molar-refractivity contribution is 5.21. The number of hydrogen-bond donors (Lipinski definition) is 1. The van der Waals surface area contributed by atoms with Crippen LogP contribution in [0.1, 0.15) is 5.56 Å². The molecule has 5 heteroatoms. The highest BCUT2D eigenvalue weighted by atomic mass is 19.3. The van der Waals surface area contributed by atoms with Gasteiger partial charge >= 0.3 is 0 Å². The van der Waals surface area contributed by atoms with E-state index in [1.807, 2.05) is 0 Å². The molecule has 2 nitrogen and oxygen atoms in total. The summed E-state index contributed by atoms with van der Waals surface area (Å²) in [5, 5.41) is 2.55. The predicted octanol–water partition coefficient (Wildman–Crippen LogP) is 2.15. The van der Waals surface area contributed by atoms with Gasteiger partial charge in [-0.1, -0.05) is 12.1 Å². The second-order valence-corrected chi connectivity index (χ2v) is 3.38. The van der Waals surface area contributed by atoms with E-state index >= 15 is 0 Å². The van der Waals surface area contributed by atoms with Crippen LogP contribution in [0.15, 0.2) is 24.3 Å². The normalized spacial score (nSPS) is 11.8. The molecule has 0 atom stereocenters. The number of hydrogen-bond acceptors (Lipinski definition) is 2. The van der Waals surface area contributed by atoms with E-state index in [1.165, 1.54) is 19.2 Å². The molecule has 0 fully saturated rings. The molecule has 0 heterocycles.